The molecule has 0 amide bonds. The quantitative estimate of drug-likeness (QED) is 0.147. The molecule has 12 rings (SSSR count). The monoisotopic (exact) mass is 784 g/mol. The Bertz CT molecular complexity index is 3700. The van der Waals surface area contributed by atoms with Gasteiger partial charge in [0.2, 0.25) is 0 Å². The SMILES string of the molecule is c1cc(-c2ccc3ccccc3c2)cc(-c2cc3cc4ccccc4c(-c4cccc(-c5ccc6ccccc6c5)c4)c3cc2-c2cccc(-c3ccc4ccccc4c3)c2)c1. The van der Waals surface area contributed by atoms with Gasteiger partial charge >= 0.3 is 0 Å². The first-order chi connectivity index (χ1) is 30.7. The fourth-order valence-electron chi connectivity index (χ4n) is 9.60. The fourth-order valence-corrected chi connectivity index (χ4v) is 9.60. The molecule has 0 heterocycles. The molecule has 0 saturated carbocycles. The van der Waals surface area contributed by atoms with E-state index in [0.29, 0.717) is 0 Å². The molecule has 62 heavy (non-hydrogen) atoms. The second-order valence-corrected chi connectivity index (χ2v) is 16.5. The summed E-state index contributed by atoms with van der Waals surface area (Å²) in [5, 5.41) is 12.4. The van der Waals surface area contributed by atoms with Crippen LogP contribution in [0, 0.1) is 0 Å². The predicted molar refractivity (Wildman–Crippen MR) is 267 cm³/mol. The molecule has 0 radical (unpaired) electrons. The van der Waals surface area contributed by atoms with Crippen LogP contribution in [0.5, 0.6) is 0 Å². The molecule has 0 aliphatic carbocycles. The minimum absolute atomic E-state index is 1.19. The average Bonchev–Trinajstić information content (AvgIpc) is 3.35. The number of rotatable bonds is 6. The Morgan fingerprint density at radius 1 is 0.161 bits per heavy atom. The summed E-state index contributed by atoms with van der Waals surface area (Å²) in [6.07, 6.45) is 0. The largest absolute Gasteiger partial charge is 0.0616 e. The van der Waals surface area contributed by atoms with Crippen LogP contribution < -0.4 is 0 Å². The molecular formula is C62H40. The van der Waals surface area contributed by atoms with Crippen molar-refractivity contribution in [2.24, 2.45) is 0 Å². The van der Waals surface area contributed by atoms with Crippen molar-refractivity contribution in [3.63, 3.8) is 0 Å². The van der Waals surface area contributed by atoms with Crippen molar-refractivity contribution in [2.75, 3.05) is 0 Å². The van der Waals surface area contributed by atoms with E-state index in [-0.39, 0.29) is 0 Å². The summed E-state index contributed by atoms with van der Waals surface area (Å²) in [5.74, 6) is 0. The summed E-state index contributed by atoms with van der Waals surface area (Å²) >= 11 is 0. The molecule has 288 valence electrons. The predicted octanol–water partition coefficient (Wildman–Crippen LogP) is 17.5. The van der Waals surface area contributed by atoms with Crippen molar-refractivity contribution < 1.29 is 0 Å². The van der Waals surface area contributed by atoms with E-state index in [1.54, 1.807) is 0 Å². The van der Waals surface area contributed by atoms with E-state index in [2.05, 4.69) is 243 Å². The Morgan fingerprint density at radius 3 is 1.03 bits per heavy atom. The molecule has 0 atom stereocenters. The van der Waals surface area contributed by atoms with Gasteiger partial charge in [-0.25, -0.2) is 0 Å². The highest BCUT2D eigenvalue weighted by Gasteiger charge is 2.18. The molecule has 0 aliphatic rings. The van der Waals surface area contributed by atoms with Gasteiger partial charge in [-0.3, -0.25) is 0 Å². The highest BCUT2D eigenvalue weighted by atomic mass is 14.2. The Morgan fingerprint density at radius 2 is 0.532 bits per heavy atom. The first-order valence-corrected chi connectivity index (χ1v) is 21.5. The zero-order valence-electron chi connectivity index (χ0n) is 34.1. The maximum atomic E-state index is 2.47. The van der Waals surface area contributed by atoms with E-state index in [4.69, 9.17) is 0 Å². The molecule has 0 spiro atoms. The van der Waals surface area contributed by atoms with Gasteiger partial charge in [-0.05, 0) is 175 Å². The van der Waals surface area contributed by atoms with Crippen molar-refractivity contribution in [2.45, 2.75) is 0 Å². The Kier molecular flexibility index (Phi) is 8.61. The summed E-state index contributed by atoms with van der Waals surface area (Å²) < 4.78 is 0. The highest BCUT2D eigenvalue weighted by molar-refractivity contribution is 6.15. The van der Waals surface area contributed by atoms with Gasteiger partial charge in [0.15, 0.2) is 0 Å². The molecule has 12 aromatic carbocycles. The van der Waals surface area contributed by atoms with Gasteiger partial charge in [0, 0.05) is 0 Å². The molecular weight excluding hydrogens is 745 g/mol. The molecule has 12 aromatic rings. The topological polar surface area (TPSA) is 0 Å². The average molecular weight is 785 g/mol. The van der Waals surface area contributed by atoms with Crippen molar-refractivity contribution in [3.05, 3.63) is 243 Å². The molecule has 0 aromatic heterocycles. The molecule has 0 nitrogen and oxygen atoms in total. The van der Waals surface area contributed by atoms with Crippen LogP contribution in [-0.2, 0) is 0 Å². The number of hydrogen-bond acceptors (Lipinski definition) is 0. The lowest BCUT2D eigenvalue weighted by Crippen LogP contribution is -1.92. The third-order valence-corrected chi connectivity index (χ3v) is 12.7. The molecule has 0 aliphatic heterocycles. The molecule has 0 saturated heterocycles. The maximum Gasteiger partial charge on any atom is -0.00264 e. The van der Waals surface area contributed by atoms with Gasteiger partial charge < -0.3 is 0 Å². The standard InChI is InChI=1S/C62H40/c1-4-15-44-32-50(29-26-41(44)12-1)47-19-9-22-54(35-47)59-39-57-38-53-18-7-8-25-58(53)62(56-24-11-21-49(37-56)52-31-28-43-14-3-6-17-46(43)34-52)61(57)40-60(59)55-23-10-20-48(36-55)51-30-27-42-13-2-5-16-45(42)33-51/h1-40H. The third-order valence-electron chi connectivity index (χ3n) is 12.7. The zero-order valence-corrected chi connectivity index (χ0v) is 34.1. The van der Waals surface area contributed by atoms with Crippen LogP contribution in [0.2, 0.25) is 0 Å². The highest BCUT2D eigenvalue weighted by Crippen LogP contribution is 2.44. The minimum Gasteiger partial charge on any atom is -0.0616 e. The van der Waals surface area contributed by atoms with Crippen molar-refractivity contribution >= 4 is 53.9 Å². The maximum absolute atomic E-state index is 2.47. The summed E-state index contributed by atoms with van der Waals surface area (Å²) in [4.78, 5) is 0. The lowest BCUT2D eigenvalue weighted by Gasteiger charge is -2.19. The Labute approximate surface area is 361 Å². The van der Waals surface area contributed by atoms with Crippen LogP contribution in [0.25, 0.3) is 121 Å². The fraction of sp³-hybridized carbons (Fsp3) is 0. The Balaban J connectivity index is 1.09. The van der Waals surface area contributed by atoms with Crippen LogP contribution >= 0.6 is 0 Å². The van der Waals surface area contributed by atoms with E-state index < -0.39 is 0 Å². The Hall–Kier alpha value is -8.06. The second kappa shape index (κ2) is 14.9. The minimum atomic E-state index is 1.19. The van der Waals surface area contributed by atoms with Crippen molar-refractivity contribution in [1.29, 1.82) is 0 Å². The van der Waals surface area contributed by atoms with Gasteiger partial charge in [-0.2, -0.15) is 0 Å². The van der Waals surface area contributed by atoms with E-state index in [0.717, 1.165) is 0 Å². The molecule has 0 unspecified atom stereocenters. The molecule has 0 N–H and O–H groups in total. The van der Waals surface area contributed by atoms with E-state index in [1.165, 1.54) is 121 Å². The van der Waals surface area contributed by atoms with Crippen LogP contribution in [0.3, 0.4) is 0 Å². The normalized spacial score (nSPS) is 11.5. The molecule has 0 fully saturated rings. The van der Waals surface area contributed by atoms with Crippen LogP contribution in [0.15, 0.2) is 243 Å². The number of fused-ring (bicyclic) bond motifs is 5. The first kappa shape index (κ1) is 35.8. The summed E-state index contributed by atoms with van der Waals surface area (Å²) in [6, 6.07) is 89.7. The summed E-state index contributed by atoms with van der Waals surface area (Å²) in [6.45, 7) is 0. The number of benzene rings is 12. The lowest BCUT2D eigenvalue weighted by atomic mass is 9.85. The first-order valence-electron chi connectivity index (χ1n) is 21.5. The second-order valence-electron chi connectivity index (χ2n) is 16.5. The lowest BCUT2D eigenvalue weighted by molar-refractivity contribution is 1.58. The van der Waals surface area contributed by atoms with E-state index in [9.17, 15) is 0 Å². The van der Waals surface area contributed by atoms with Gasteiger partial charge in [0.05, 0.1) is 0 Å². The number of hydrogen-bond donors (Lipinski definition) is 0. The van der Waals surface area contributed by atoms with Crippen molar-refractivity contribution in [3.8, 4) is 66.8 Å². The third kappa shape index (κ3) is 6.42. The van der Waals surface area contributed by atoms with Crippen LogP contribution in [0.4, 0.5) is 0 Å². The zero-order chi connectivity index (χ0) is 41.0. The van der Waals surface area contributed by atoms with Gasteiger partial charge in [-0.15, -0.1) is 0 Å². The van der Waals surface area contributed by atoms with Gasteiger partial charge in [0.1, 0.15) is 0 Å². The smallest absolute Gasteiger partial charge is 0.00264 e. The van der Waals surface area contributed by atoms with Crippen molar-refractivity contribution in [1.82, 2.24) is 0 Å². The summed E-state index contributed by atoms with van der Waals surface area (Å²) in [5.41, 5.74) is 14.5. The van der Waals surface area contributed by atoms with E-state index >= 15 is 0 Å². The van der Waals surface area contributed by atoms with E-state index in [1.807, 2.05) is 0 Å². The van der Waals surface area contributed by atoms with Gasteiger partial charge in [-0.1, -0.05) is 188 Å². The summed E-state index contributed by atoms with van der Waals surface area (Å²) in [7, 11) is 0. The molecule has 0 heteroatoms. The molecule has 0 bridgehead atoms. The van der Waals surface area contributed by atoms with Crippen LogP contribution in [-0.4, -0.2) is 0 Å². The van der Waals surface area contributed by atoms with Crippen LogP contribution in [0.1, 0.15) is 0 Å². The van der Waals surface area contributed by atoms with Gasteiger partial charge in [0.25, 0.3) is 0 Å².